The van der Waals surface area contributed by atoms with Crippen LogP contribution in [0.3, 0.4) is 0 Å². The molecule has 1 amide bonds. The van der Waals surface area contributed by atoms with Gasteiger partial charge in [0.1, 0.15) is 5.54 Å². The number of rotatable bonds is 7. The van der Waals surface area contributed by atoms with Crippen LogP contribution >= 0.6 is 11.3 Å². The van der Waals surface area contributed by atoms with E-state index in [4.69, 9.17) is 4.74 Å². The normalized spacial score (nSPS) is 15.7. The van der Waals surface area contributed by atoms with Crippen LogP contribution in [0.4, 0.5) is 5.13 Å². The molecule has 8 heteroatoms. The minimum atomic E-state index is -0.788. The van der Waals surface area contributed by atoms with Crippen LogP contribution in [0.2, 0.25) is 0 Å². The Morgan fingerprint density at radius 3 is 2.88 bits per heavy atom. The Morgan fingerprint density at radius 2 is 2.24 bits per heavy atom. The van der Waals surface area contributed by atoms with E-state index in [1.54, 1.807) is 18.5 Å². The molecule has 0 spiro atoms. The third-order valence-corrected chi connectivity index (χ3v) is 5.14. The minimum absolute atomic E-state index is 0.152. The van der Waals surface area contributed by atoms with Crippen molar-refractivity contribution >= 4 is 28.3 Å². The van der Waals surface area contributed by atoms with Gasteiger partial charge in [-0.05, 0) is 12.8 Å². The highest BCUT2D eigenvalue weighted by atomic mass is 32.1. The highest BCUT2D eigenvalue weighted by Gasteiger charge is 2.39. The van der Waals surface area contributed by atoms with E-state index in [0.717, 1.165) is 19.3 Å². The molecule has 0 bridgehead atoms. The number of likely N-dealkylation sites (N-methyl/N-ethyl adjacent to an activating group) is 1. The molecule has 0 unspecified atom stereocenters. The second-order valence-electron chi connectivity index (χ2n) is 5.94. The first-order valence-electron chi connectivity index (χ1n) is 8.18. The van der Waals surface area contributed by atoms with Crippen LogP contribution in [0.15, 0.2) is 18.0 Å². The van der Waals surface area contributed by atoms with Crippen molar-refractivity contribution < 1.29 is 14.3 Å². The van der Waals surface area contributed by atoms with E-state index in [0.29, 0.717) is 24.5 Å². The molecule has 1 fully saturated rings. The zero-order valence-electron chi connectivity index (χ0n) is 14.3. The van der Waals surface area contributed by atoms with Gasteiger partial charge < -0.3 is 15.0 Å². The fourth-order valence-corrected chi connectivity index (χ4v) is 3.49. The third-order valence-electron chi connectivity index (χ3n) is 4.34. The zero-order valence-corrected chi connectivity index (χ0v) is 15.1. The van der Waals surface area contributed by atoms with Crippen molar-refractivity contribution in [1.29, 1.82) is 5.26 Å². The van der Waals surface area contributed by atoms with Gasteiger partial charge in [-0.2, -0.15) is 5.26 Å². The number of aromatic nitrogens is 1. The fourth-order valence-electron chi connectivity index (χ4n) is 2.80. The smallest absolute Gasteiger partial charge is 0.358 e. The van der Waals surface area contributed by atoms with Crippen LogP contribution in [0.25, 0.3) is 0 Å². The van der Waals surface area contributed by atoms with Crippen LogP contribution in [0, 0.1) is 11.3 Å². The fraction of sp³-hybridized carbons (Fsp3) is 0.529. The number of anilines is 1. The van der Waals surface area contributed by atoms with E-state index in [2.05, 4.69) is 22.9 Å². The van der Waals surface area contributed by atoms with Crippen LogP contribution in [0.5, 0.6) is 0 Å². The van der Waals surface area contributed by atoms with Crippen molar-refractivity contribution in [3.8, 4) is 6.07 Å². The van der Waals surface area contributed by atoms with Crippen molar-refractivity contribution in [3.05, 3.63) is 23.7 Å². The van der Waals surface area contributed by atoms with Gasteiger partial charge in [0.05, 0.1) is 6.07 Å². The Bertz CT molecular complexity index is 674. The molecule has 0 aromatic carbocycles. The average Bonchev–Trinajstić information content (AvgIpc) is 3.13. The zero-order chi connectivity index (χ0) is 18.3. The number of carbonyl (C=O) groups is 2. The molecule has 7 nitrogen and oxygen atoms in total. The summed E-state index contributed by atoms with van der Waals surface area (Å²) in [5.41, 5.74) is -0.635. The second kappa shape index (κ2) is 8.62. The Hall–Kier alpha value is -2.40. The third kappa shape index (κ3) is 4.57. The molecule has 25 heavy (non-hydrogen) atoms. The van der Waals surface area contributed by atoms with E-state index >= 15 is 0 Å². The number of amides is 1. The van der Waals surface area contributed by atoms with Crippen LogP contribution < -0.4 is 5.32 Å². The van der Waals surface area contributed by atoms with E-state index in [-0.39, 0.29) is 11.6 Å². The molecule has 0 atom stereocenters. The number of ether oxygens (including phenoxy) is 1. The SMILES string of the molecule is C=CCNc1nc(C(=O)OCC(=O)N(C)C2(C#N)CCCCC2)cs1. The largest absolute Gasteiger partial charge is 0.451 e. The summed E-state index contributed by atoms with van der Waals surface area (Å²) in [6, 6.07) is 2.28. The first-order chi connectivity index (χ1) is 12.0. The molecular formula is C17H22N4O3S. The van der Waals surface area contributed by atoms with Gasteiger partial charge in [0.15, 0.2) is 17.4 Å². The van der Waals surface area contributed by atoms with Crippen LogP contribution in [0.1, 0.15) is 42.6 Å². The van der Waals surface area contributed by atoms with E-state index in [1.165, 1.54) is 16.2 Å². The van der Waals surface area contributed by atoms with Gasteiger partial charge in [-0.3, -0.25) is 4.79 Å². The summed E-state index contributed by atoms with van der Waals surface area (Å²) in [5.74, 6) is -1.03. The maximum atomic E-state index is 12.3. The Morgan fingerprint density at radius 1 is 1.52 bits per heavy atom. The van der Waals surface area contributed by atoms with Crippen molar-refractivity contribution in [1.82, 2.24) is 9.88 Å². The lowest BCUT2D eigenvalue weighted by Crippen LogP contribution is -2.51. The molecule has 1 aliphatic rings. The summed E-state index contributed by atoms with van der Waals surface area (Å²) in [7, 11) is 1.60. The van der Waals surface area contributed by atoms with E-state index in [1.807, 2.05) is 0 Å². The predicted molar refractivity (Wildman–Crippen MR) is 95.3 cm³/mol. The summed E-state index contributed by atoms with van der Waals surface area (Å²) in [6.45, 7) is 3.74. The van der Waals surface area contributed by atoms with Crippen molar-refractivity contribution in [3.63, 3.8) is 0 Å². The molecule has 0 radical (unpaired) electrons. The Kier molecular flexibility index (Phi) is 6.53. The Labute approximate surface area is 151 Å². The van der Waals surface area contributed by atoms with Crippen molar-refractivity contribution in [2.24, 2.45) is 0 Å². The number of hydrogen-bond acceptors (Lipinski definition) is 7. The maximum absolute atomic E-state index is 12.3. The van der Waals surface area contributed by atoms with Crippen molar-refractivity contribution in [2.45, 2.75) is 37.6 Å². The number of carbonyl (C=O) groups excluding carboxylic acids is 2. The molecule has 1 aromatic rings. The predicted octanol–water partition coefficient (Wildman–Crippen LogP) is 2.58. The molecule has 1 aliphatic carbocycles. The Balaban J connectivity index is 1.90. The standard InChI is InChI=1S/C17H22N4O3S/c1-3-9-19-16-20-13(11-25-16)15(23)24-10-14(22)21(2)17(12-18)7-5-4-6-8-17/h3,11H,1,4-10H2,2H3,(H,19,20). The van der Waals surface area contributed by atoms with Crippen molar-refractivity contribution in [2.75, 3.05) is 25.5 Å². The molecule has 1 N–H and O–H groups in total. The molecule has 134 valence electrons. The summed E-state index contributed by atoms with van der Waals surface area (Å²) < 4.78 is 5.07. The lowest BCUT2D eigenvalue weighted by molar-refractivity contribution is -0.138. The summed E-state index contributed by atoms with van der Waals surface area (Å²) in [4.78, 5) is 29.9. The lowest BCUT2D eigenvalue weighted by atomic mass is 9.81. The first-order valence-corrected chi connectivity index (χ1v) is 9.06. The summed E-state index contributed by atoms with van der Waals surface area (Å²) >= 11 is 1.27. The quantitative estimate of drug-likeness (QED) is 0.592. The van der Waals surface area contributed by atoms with Crippen LogP contribution in [-0.2, 0) is 9.53 Å². The second-order valence-corrected chi connectivity index (χ2v) is 6.80. The molecule has 0 aliphatic heterocycles. The van der Waals surface area contributed by atoms with Gasteiger partial charge in [0, 0.05) is 19.0 Å². The van der Waals surface area contributed by atoms with E-state index < -0.39 is 18.1 Å². The van der Waals surface area contributed by atoms with Gasteiger partial charge in [-0.25, -0.2) is 9.78 Å². The molecule has 1 heterocycles. The number of nitrogens with zero attached hydrogens (tertiary/aromatic N) is 3. The number of hydrogen-bond donors (Lipinski definition) is 1. The summed E-state index contributed by atoms with van der Waals surface area (Å²) in [5, 5.41) is 14.6. The number of nitriles is 1. The number of esters is 1. The number of nitrogens with one attached hydrogen (secondary N) is 1. The minimum Gasteiger partial charge on any atom is -0.451 e. The maximum Gasteiger partial charge on any atom is 0.358 e. The molecule has 1 saturated carbocycles. The summed E-state index contributed by atoms with van der Waals surface area (Å²) in [6.07, 6.45) is 5.92. The highest BCUT2D eigenvalue weighted by molar-refractivity contribution is 7.13. The monoisotopic (exact) mass is 362 g/mol. The topological polar surface area (TPSA) is 95.3 Å². The van der Waals surface area contributed by atoms with Crippen LogP contribution in [-0.4, -0.2) is 47.5 Å². The molecule has 1 aromatic heterocycles. The van der Waals surface area contributed by atoms with Gasteiger partial charge in [0.25, 0.3) is 5.91 Å². The lowest BCUT2D eigenvalue weighted by Gasteiger charge is -2.38. The van der Waals surface area contributed by atoms with E-state index in [9.17, 15) is 14.9 Å². The number of thiazole rings is 1. The van der Waals surface area contributed by atoms with Gasteiger partial charge in [-0.1, -0.05) is 25.3 Å². The first kappa shape index (κ1) is 18.9. The van der Waals surface area contributed by atoms with Gasteiger partial charge >= 0.3 is 5.97 Å². The average molecular weight is 362 g/mol. The molecule has 0 saturated heterocycles. The molecule has 2 rings (SSSR count). The van der Waals surface area contributed by atoms with Gasteiger partial charge in [0.2, 0.25) is 0 Å². The van der Waals surface area contributed by atoms with Gasteiger partial charge in [-0.15, -0.1) is 17.9 Å². The highest BCUT2D eigenvalue weighted by Crippen LogP contribution is 2.32. The molecular weight excluding hydrogens is 340 g/mol.